The Balaban J connectivity index is 0.000000686. The third kappa shape index (κ3) is 3.22. The molecule has 1 aliphatic heterocycles. The summed E-state index contributed by atoms with van der Waals surface area (Å²) >= 11 is 0. The van der Waals surface area contributed by atoms with Gasteiger partial charge in [0, 0.05) is 11.8 Å². The average molecular weight is 242 g/mol. The molecular formula is C12H16F2N2O. The van der Waals surface area contributed by atoms with Gasteiger partial charge in [-0.2, -0.15) is 0 Å². The molecule has 2 rings (SSSR count). The number of nitrogens with zero attached hydrogens (tertiary/aromatic N) is 2. The first-order valence-electron chi connectivity index (χ1n) is 5.58. The van der Waals surface area contributed by atoms with E-state index in [1.807, 2.05) is 13.8 Å². The normalized spacial score (nSPS) is 16.6. The van der Waals surface area contributed by atoms with Crippen LogP contribution in [0.5, 0.6) is 0 Å². The van der Waals surface area contributed by atoms with Gasteiger partial charge in [-0.05, 0) is 19.1 Å². The Morgan fingerprint density at radius 3 is 2.29 bits per heavy atom. The van der Waals surface area contributed by atoms with Crippen LogP contribution in [-0.2, 0) is 0 Å². The van der Waals surface area contributed by atoms with E-state index in [0.717, 1.165) is 0 Å². The summed E-state index contributed by atoms with van der Waals surface area (Å²) < 4.78 is 25.1. The fourth-order valence-electron chi connectivity index (χ4n) is 1.46. The van der Waals surface area contributed by atoms with Crippen LogP contribution in [0.2, 0.25) is 0 Å². The van der Waals surface area contributed by atoms with Crippen LogP contribution in [-0.4, -0.2) is 29.8 Å². The van der Waals surface area contributed by atoms with Gasteiger partial charge in [-0.3, -0.25) is 4.79 Å². The number of anilines is 1. The molecule has 0 spiro atoms. The molecule has 17 heavy (non-hydrogen) atoms. The lowest BCUT2D eigenvalue weighted by atomic mass is 10.1. The van der Waals surface area contributed by atoms with Crippen LogP contribution in [0.15, 0.2) is 18.3 Å². The minimum Gasteiger partial charge on any atom is -0.344 e. The van der Waals surface area contributed by atoms with E-state index in [1.165, 1.54) is 18.0 Å². The first-order chi connectivity index (χ1) is 7.98. The number of carbonyl (C=O) groups excluding carboxylic acids is 1. The van der Waals surface area contributed by atoms with E-state index in [2.05, 4.69) is 4.98 Å². The van der Waals surface area contributed by atoms with Gasteiger partial charge in [0.25, 0.3) is 5.92 Å². The van der Waals surface area contributed by atoms with Crippen molar-refractivity contribution in [3.63, 3.8) is 0 Å². The minimum absolute atomic E-state index is 0.0806. The summed E-state index contributed by atoms with van der Waals surface area (Å²) in [5, 5.41) is 0. The van der Waals surface area contributed by atoms with Gasteiger partial charge in [-0.25, -0.2) is 13.8 Å². The third-order valence-electron chi connectivity index (χ3n) is 2.32. The monoisotopic (exact) mass is 242 g/mol. The van der Waals surface area contributed by atoms with Crippen LogP contribution in [0.25, 0.3) is 0 Å². The van der Waals surface area contributed by atoms with Crippen LogP contribution >= 0.6 is 0 Å². The zero-order chi connectivity index (χ0) is 13.1. The van der Waals surface area contributed by atoms with Crippen molar-refractivity contribution < 1.29 is 13.6 Å². The SMILES string of the molecule is CC.CC(=O)c1ccc(N2CC(F)(F)C2)nc1. The highest BCUT2D eigenvalue weighted by Crippen LogP contribution is 2.30. The average Bonchev–Trinajstić information content (AvgIpc) is 2.28. The number of aromatic nitrogens is 1. The van der Waals surface area contributed by atoms with Crippen molar-refractivity contribution in [3.8, 4) is 0 Å². The molecule has 0 aromatic carbocycles. The number of alkyl halides is 2. The molecule has 94 valence electrons. The van der Waals surface area contributed by atoms with Gasteiger partial charge >= 0.3 is 0 Å². The molecule has 0 aliphatic carbocycles. The smallest absolute Gasteiger partial charge is 0.282 e. The van der Waals surface area contributed by atoms with Crippen molar-refractivity contribution in [1.82, 2.24) is 4.98 Å². The predicted octanol–water partition coefficient (Wildman–Crippen LogP) is 2.77. The van der Waals surface area contributed by atoms with Crippen LogP contribution in [0, 0.1) is 0 Å². The molecule has 0 amide bonds. The molecular weight excluding hydrogens is 226 g/mol. The van der Waals surface area contributed by atoms with E-state index < -0.39 is 5.92 Å². The Hall–Kier alpha value is -1.52. The van der Waals surface area contributed by atoms with E-state index in [4.69, 9.17) is 0 Å². The largest absolute Gasteiger partial charge is 0.344 e. The van der Waals surface area contributed by atoms with Crippen LogP contribution in [0.1, 0.15) is 31.1 Å². The second-order valence-corrected chi connectivity index (χ2v) is 3.67. The number of pyridine rings is 1. The Bertz CT molecular complexity index is 382. The number of halogens is 2. The van der Waals surface area contributed by atoms with E-state index in [-0.39, 0.29) is 18.9 Å². The number of Topliss-reactive ketones (excluding diaryl/α,β-unsaturated/α-hetero) is 1. The molecule has 5 heteroatoms. The number of hydrogen-bond donors (Lipinski definition) is 0. The fraction of sp³-hybridized carbons (Fsp3) is 0.500. The Morgan fingerprint density at radius 2 is 1.94 bits per heavy atom. The highest BCUT2D eigenvalue weighted by Gasteiger charge is 2.44. The maximum Gasteiger partial charge on any atom is 0.282 e. The van der Waals surface area contributed by atoms with Crippen molar-refractivity contribution in [2.75, 3.05) is 18.0 Å². The van der Waals surface area contributed by atoms with E-state index in [0.29, 0.717) is 11.4 Å². The summed E-state index contributed by atoms with van der Waals surface area (Å²) in [6.07, 6.45) is 1.41. The van der Waals surface area contributed by atoms with Gasteiger partial charge in [-0.15, -0.1) is 0 Å². The molecule has 0 N–H and O–H groups in total. The Morgan fingerprint density at radius 1 is 1.35 bits per heavy atom. The summed E-state index contributed by atoms with van der Waals surface area (Å²) in [6, 6.07) is 3.19. The summed E-state index contributed by atoms with van der Waals surface area (Å²) in [5.41, 5.74) is 0.492. The lowest BCUT2D eigenvalue weighted by Crippen LogP contribution is -2.56. The molecule has 0 unspecified atom stereocenters. The summed E-state index contributed by atoms with van der Waals surface area (Å²) in [5.74, 6) is -2.19. The molecule has 1 aliphatic rings. The Labute approximate surface area is 99.5 Å². The molecule has 1 aromatic rings. The van der Waals surface area contributed by atoms with Crippen LogP contribution in [0.4, 0.5) is 14.6 Å². The fourth-order valence-corrected chi connectivity index (χ4v) is 1.46. The molecule has 3 nitrogen and oxygen atoms in total. The summed E-state index contributed by atoms with van der Waals surface area (Å²) in [7, 11) is 0. The molecule has 0 atom stereocenters. The van der Waals surface area contributed by atoms with Crippen molar-refractivity contribution in [2.24, 2.45) is 0 Å². The molecule has 1 saturated heterocycles. The van der Waals surface area contributed by atoms with Crippen molar-refractivity contribution >= 4 is 11.6 Å². The van der Waals surface area contributed by atoms with Gasteiger partial charge in [0.1, 0.15) is 5.82 Å². The highest BCUT2D eigenvalue weighted by atomic mass is 19.3. The summed E-state index contributed by atoms with van der Waals surface area (Å²) in [4.78, 5) is 16.4. The van der Waals surface area contributed by atoms with Crippen molar-refractivity contribution in [3.05, 3.63) is 23.9 Å². The van der Waals surface area contributed by atoms with E-state index in [9.17, 15) is 13.6 Å². The number of rotatable bonds is 2. The lowest BCUT2D eigenvalue weighted by Gasteiger charge is -2.39. The maximum absolute atomic E-state index is 12.6. The third-order valence-corrected chi connectivity index (χ3v) is 2.32. The summed E-state index contributed by atoms with van der Waals surface area (Å²) in [6.45, 7) is 4.85. The van der Waals surface area contributed by atoms with Gasteiger partial charge in [-0.1, -0.05) is 13.8 Å². The first kappa shape index (κ1) is 13.5. The van der Waals surface area contributed by atoms with Crippen molar-refractivity contribution in [2.45, 2.75) is 26.7 Å². The maximum atomic E-state index is 12.6. The number of carbonyl (C=O) groups is 1. The predicted molar refractivity (Wildman–Crippen MR) is 62.7 cm³/mol. The minimum atomic E-state index is -2.60. The van der Waals surface area contributed by atoms with Gasteiger partial charge in [0.15, 0.2) is 5.78 Å². The van der Waals surface area contributed by atoms with Gasteiger partial charge < -0.3 is 4.90 Å². The molecule has 0 bridgehead atoms. The standard InChI is InChI=1S/C10H10F2N2O.C2H6/c1-7(15)8-2-3-9(13-4-8)14-5-10(11,12)6-14;1-2/h2-4H,5-6H2,1H3;1-2H3. The van der Waals surface area contributed by atoms with Gasteiger partial charge in [0.2, 0.25) is 0 Å². The number of ketones is 1. The lowest BCUT2D eigenvalue weighted by molar-refractivity contribution is -0.0267. The number of hydrogen-bond acceptors (Lipinski definition) is 3. The molecule has 0 radical (unpaired) electrons. The highest BCUT2D eigenvalue weighted by molar-refractivity contribution is 5.93. The molecule has 0 saturated carbocycles. The van der Waals surface area contributed by atoms with E-state index in [1.54, 1.807) is 12.1 Å². The molecule has 2 heterocycles. The van der Waals surface area contributed by atoms with Gasteiger partial charge in [0.05, 0.1) is 13.1 Å². The zero-order valence-electron chi connectivity index (χ0n) is 10.2. The second-order valence-electron chi connectivity index (χ2n) is 3.67. The van der Waals surface area contributed by atoms with Crippen LogP contribution < -0.4 is 4.90 Å². The molecule has 1 fully saturated rings. The van der Waals surface area contributed by atoms with Crippen molar-refractivity contribution in [1.29, 1.82) is 0 Å². The zero-order valence-corrected chi connectivity index (χ0v) is 10.2. The molecule has 1 aromatic heterocycles. The topological polar surface area (TPSA) is 33.2 Å². The second kappa shape index (κ2) is 5.21. The van der Waals surface area contributed by atoms with Crippen LogP contribution in [0.3, 0.4) is 0 Å². The quantitative estimate of drug-likeness (QED) is 0.748. The Kier molecular flexibility index (Phi) is 4.15. The first-order valence-corrected chi connectivity index (χ1v) is 5.58. The van der Waals surface area contributed by atoms with E-state index >= 15 is 0 Å².